The van der Waals surface area contributed by atoms with Crippen molar-refractivity contribution in [2.45, 2.75) is 85.0 Å². The maximum atomic E-state index is 14.0. The quantitative estimate of drug-likeness (QED) is 0.164. The predicted molar refractivity (Wildman–Crippen MR) is 166 cm³/mol. The van der Waals surface area contributed by atoms with E-state index in [2.05, 4.69) is 41.8 Å². The molecule has 4 fully saturated rings. The van der Waals surface area contributed by atoms with E-state index >= 15 is 0 Å². The van der Waals surface area contributed by atoms with E-state index in [1.807, 2.05) is 0 Å². The average Bonchev–Trinajstić information content (AvgIpc) is 3.34. The Bertz CT molecular complexity index is 1250. The Morgan fingerprint density at radius 1 is 1.14 bits per heavy atom. The summed E-state index contributed by atoms with van der Waals surface area (Å²) < 4.78 is 17.9. The zero-order valence-corrected chi connectivity index (χ0v) is 26.1. The summed E-state index contributed by atoms with van der Waals surface area (Å²) in [6, 6.07) is 6.06. The van der Waals surface area contributed by atoms with Crippen molar-refractivity contribution in [1.29, 1.82) is 0 Å². The number of carbonyl (C=O) groups excluding carboxylic acids is 2. The molecule has 5 rings (SSSR count). The van der Waals surface area contributed by atoms with Crippen molar-refractivity contribution in [2.75, 3.05) is 7.11 Å². The Morgan fingerprint density at radius 2 is 1.90 bits per heavy atom. The molecule has 0 saturated heterocycles. The van der Waals surface area contributed by atoms with Gasteiger partial charge in [-0.1, -0.05) is 32.9 Å². The molecule has 2 N–H and O–H groups in total. The van der Waals surface area contributed by atoms with Gasteiger partial charge in [-0.25, -0.2) is 4.39 Å². The molecule has 0 spiro atoms. The number of ether oxygens (including phenoxy) is 1. The molecule has 42 heavy (non-hydrogen) atoms. The summed E-state index contributed by atoms with van der Waals surface area (Å²) in [4.78, 5) is 25.8. The first-order chi connectivity index (χ1) is 20.1. The summed E-state index contributed by atoms with van der Waals surface area (Å²) in [7, 11) is 1.44. The molecule has 0 heterocycles. The van der Waals surface area contributed by atoms with Crippen LogP contribution in [0.2, 0.25) is 0 Å². The molecule has 8 atom stereocenters. The smallest absolute Gasteiger partial charge is 0.305 e. The number of nitrogens with zero attached hydrogens (tertiary/aromatic N) is 2. The van der Waals surface area contributed by atoms with Crippen molar-refractivity contribution < 1.29 is 18.7 Å². The number of hydrogen-bond donors (Lipinski definition) is 2. The number of fused-ring (bicyclic) bond motifs is 5. The lowest BCUT2D eigenvalue weighted by Gasteiger charge is -2.60. The van der Waals surface area contributed by atoms with Crippen LogP contribution in [0, 0.1) is 52.2 Å². The highest BCUT2D eigenvalue weighted by molar-refractivity contribution is 7.80. The standard InChI is InChI=1S/C33H45FN4O3S/c1-20(5-14-30(40)41-4)26-12-13-27-25-11-8-22-17-24(15-16-32(22,2)28(25)18-29(39)33(26,27)3)36-38-31(42)37-35-19-21-6-9-23(34)10-7-21/h6-7,9-10,19-20,22,25-28H,5,8,11-18H2,1-4H3,(H2,37,38,42)/b35-19+,36-24+/t20-,22-,25+,26-,27+,28+,32+,33-/m1/s1. The molecular formula is C33H45FN4O3S. The van der Waals surface area contributed by atoms with Gasteiger partial charge < -0.3 is 4.74 Å². The lowest BCUT2D eigenvalue weighted by atomic mass is 9.44. The second-order valence-corrected chi connectivity index (χ2v) is 14.0. The molecule has 0 amide bonds. The van der Waals surface area contributed by atoms with Crippen LogP contribution in [0.5, 0.6) is 0 Å². The van der Waals surface area contributed by atoms with E-state index in [0.717, 1.165) is 49.8 Å². The highest BCUT2D eigenvalue weighted by Crippen LogP contribution is 2.67. The Balaban J connectivity index is 1.19. The van der Waals surface area contributed by atoms with E-state index in [0.29, 0.717) is 59.2 Å². The highest BCUT2D eigenvalue weighted by Gasteiger charge is 2.63. The number of halogens is 1. The molecule has 0 aliphatic heterocycles. The average molecular weight is 597 g/mol. The third-order valence-corrected chi connectivity index (χ3v) is 11.9. The first-order valence-electron chi connectivity index (χ1n) is 15.6. The lowest BCUT2D eigenvalue weighted by molar-refractivity contribution is -0.155. The summed E-state index contributed by atoms with van der Waals surface area (Å²) >= 11 is 5.34. The number of ketones is 1. The monoisotopic (exact) mass is 596 g/mol. The SMILES string of the molecule is COC(=O)CC[C@@H](C)[C@H]1CC[C@H]2[C@@H]3CC[C@@H]4C/C(=N/NC(=S)N/N=C/c5ccc(F)cc5)CC[C@]4(C)[C@H]3CC(=O)[C@]12C. The summed E-state index contributed by atoms with van der Waals surface area (Å²) in [5, 5.41) is 9.05. The summed E-state index contributed by atoms with van der Waals surface area (Å²) in [5.74, 6) is 2.69. The second-order valence-electron chi connectivity index (χ2n) is 13.6. The Morgan fingerprint density at radius 3 is 2.64 bits per heavy atom. The van der Waals surface area contributed by atoms with Crippen molar-refractivity contribution in [1.82, 2.24) is 10.9 Å². The van der Waals surface area contributed by atoms with Crippen LogP contribution < -0.4 is 10.9 Å². The molecule has 1 aromatic rings. The number of benzene rings is 1. The van der Waals surface area contributed by atoms with Gasteiger partial charge in [0.05, 0.1) is 13.3 Å². The van der Waals surface area contributed by atoms with Crippen molar-refractivity contribution in [3.05, 3.63) is 35.6 Å². The number of thiocarbonyl (C=S) groups is 1. The normalized spacial score (nSPS) is 35.7. The number of Topliss-reactive ketones (excluding diaryl/α,β-unsaturated/α-hetero) is 1. The van der Waals surface area contributed by atoms with Crippen molar-refractivity contribution in [3.8, 4) is 0 Å². The summed E-state index contributed by atoms with van der Waals surface area (Å²) in [5.41, 5.74) is 7.48. The molecule has 4 saturated carbocycles. The van der Waals surface area contributed by atoms with Crippen LogP contribution in [-0.2, 0) is 14.3 Å². The molecule has 0 bridgehead atoms. The third-order valence-electron chi connectivity index (χ3n) is 11.7. The van der Waals surface area contributed by atoms with Crippen LogP contribution >= 0.6 is 12.2 Å². The zero-order chi connectivity index (χ0) is 30.1. The fourth-order valence-electron chi connectivity index (χ4n) is 9.33. The van der Waals surface area contributed by atoms with Gasteiger partial charge in [0.1, 0.15) is 11.6 Å². The molecule has 0 aromatic heterocycles. The van der Waals surface area contributed by atoms with E-state index in [1.165, 1.54) is 32.1 Å². The Labute approximate surface area is 254 Å². The van der Waals surface area contributed by atoms with Crippen LogP contribution in [0.1, 0.15) is 90.5 Å². The first kappa shape index (κ1) is 30.8. The molecule has 1 aromatic carbocycles. The van der Waals surface area contributed by atoms with E-state index in [9.17, 15) is 14.0 Å². The minimum absolute atomic E-state index is 0.145. The molecule has 4 aliphatic rings. The van der Waals surface area contributed by atoms with Gasteiger partial charge in [0.15, 0.2) is 0 Å². The molecular weight excluding hydrogens is 551 g/mol. The third kappa shape index (κ3) is 5.90. The highest BCUT2D eigenvalue weighted by atomic mass is 32.1. The molecule has 7 nitrogen and oxygen atoms in total. The van der Waals surface area contributed by atoms with Gasteiger partial charge in [0.2, 0.25) is 5.11 Å². The summed E-state index contributed by atoms with van der Waals surface area (Å²) in [6.45, 7) is 6.93. The number of methoxy groups -OCH3 is 1. The number of rotatable bonds is 7. The van der Waals surface area contributed by atoms with Crippen LogP contribution in [-0.4, -0.2) is 35.9 Å². The van der Waals surface area contributed by atoms with Crippen LogP contribution in [0.4, 0.5) is 4.39 Å². The minimum atomic E-state index is -0.287. The molecule has 228 valence electrons. The van der Waals surface area contributed by atoms with Crippen molar-refractivity contribution in [2.24, 2.45) is 56.5 Å². The fraction of sp³-hybridized carbons (Fsp3) is 0.667. The number of hydrazone groups is 2. The van der Waals surface area contributed by atoms with Crippen LogP contribution in [0.3, 0.4) is 0 Å². The van der Waals surface area contributed by atoms with Gasteiger partial charge in [-0.15, -0.1) is 0 Å². The minimum Gasteiger partial charge on any atom is -0.469 e. The Hall–Kier alpha value is -2.68. The first-order valence-corrected chi connectivity index (χ1v) is 16.0. The molecule has 4 aliphatic carbocycles. The maximum Gasteiger partial charge on any atom is 0.305 e. The van der Waals surface area contributed by atoms with Gasteiger partial charge >= 0.3 is 5.97 Å². The van der Waals surface area contributed by atoms with E-state index in [-0.39, 0.29) is 22.6 Å². The number of carbonyl (C=O) groups is 2. The van der Waals surface area contributed by atoms with Gasteiger partial charge in [-0.05, 0) is 122 Å². The van der Waals surface area contributed by atoms with E-state index < -0.39 is 0 Å². The molecule has 0 radical (unpaired) electrons. The van der Waals surface area contributed by atoms with Crippen molar-refractivity contribution >= 4 is 41.0 Å². The van der Waals surface area contributed by atoms with Crippen molar-refractivity contribution in [3.63, 3.8) is 0 Å². The number of nitrogens with one attached hydrogen (secondary N) is 2. The molecule has 9 heteroatoms. The number of hydrogen-bond acceptors (Lipinski definition) is 6. The summed E-state index contributed by atoms with van der Waals surface area (Å²) in [6.07, 6.45) is 10.9. The lowest BCUT2D eigenvalue weighted by Crippen LogP contribution is -2.57. The van der Waals surface area contributed by atoms with Gasteiger partial charge in [0.25, 0.3) is 0 Å². The van der Waals surface area contributed by atoms with E-state index in [4.69, 9.17) is 17.0 Å². The Kier molecular flexibility index (Phi) is 9.16. The topological polar surface area (TPSA) is 92.2 Å². The van der Waals surface area contributed by atoms with E-state index in [1.54, 1.807) is 18.3 Å². The largest absolute Gasteiger partial charge is 0.469 e. The van der Waals surface area contributed by atoms with Crippen LogP contribution in [0.15, 0.2) is 34.5 Å². The van der Waals surface area contributed by atoms with Crippen LogP contribution in [0.25, 0.3) is 0 Å². The maximum absolute atomic E-state index is 14.0. The van der Waals surface area contributed by atoms with Gasteiger partial charge in [-0.2, -0.15) is 10.2 Å². The number of esters is 1. The predicted octanol–water partition coefficient (Wildman–Crippen LogP) is 6.41. The second kappa shape index (κ2) is 12.5. The fourth-order valence-corrected chi connectivity index (χ4v) is 9.43. The molecule has 0 unspecified atom stereocenters. The van der Waals surface area contributed by atoms with Gasteiger partial charge in [-0.3, -0.25) is 20.4 Å². The van der Waals surface area contributed by atoms with Gasteiger partial charge in [0, 0.05) is 24.0 Å². The zero-order valence-electron chi connectivity index (χ0n) is 25.3.